The molecule has 2 unspecified atom stereocenters. The van der Waals surface area contributed by atoms with Gasteiger partial charge in [0.05, 0.1) is 18.6 Å². The first kappa shape index (κ1) is 9.52. The summed E-state index contributed by atoms with van der Waals surface area (Å²) in [5.41, 5.74) is 0. The standard InChI is InChI=1S/C9H17NO2/c1-6(2)10-9(11)8-4-7(3)12-5-8/h6-8H,4-5H2,1-3H3,(H,10,11). The Kier molecular flexibility index (Phi) is 3.09. The summed E-state index contributed by atoms with van der Waals surface area (Å²) in [7, 11) is 0. The number of hydrogen-bond acceptors (Lipinski definition) is 2. The van der Waals surface area contributed by atoms with Gasteiger partial charge in [-0.15, -0.1) is 0 Å². The number of ether oxygens (including phenoxy) is 1. The van der Waals surface area contributed by atoms with Gasteiger partial charge in [-0.25, -0.2) is 0 Å². The molecule has 0 aromatic carbocycles. The second-order valence-corrected chi connectivity index (χ2v) is 3.74. The molecule has 3 nitrogen and oxygen atoms in total. The summed E-state index contributed by atoms with van der Waals surface area (Å²) in [4.78, 5) is 11.4. The van der Waals surface area contributed by atoms with E-state index in [0.717, 1.165) is 6.42 Å². The number of hydrogen-bond donors (Lipinski definition) is 1. The molecule has 3 heteroatoms. The number of carbonyl (C=O) groups excluding carboxylic acids is 1. The van der Waals surface area contributed by atoms with Crippen molar-refractivity contribution in [1.29, 1.82) is 0 Å². The number of amides is 1. The molecule has 12 heavy (non-hydrogen) atoms. The SMILES string of the molecule is CC(C)NC(=O)C1COC(C)C1. The third-order valence-corrected chi connectivity index (χ3v) is 2.00. The van der Waals surface area contributed by atoms with Crippen LogP contribution in [0.15, 0.2) is 0 Å². The van der Waals surface area contributed by atoms with Gasteiger partial charge in [-0.1, -0.05) is 0 Å². The lowest BCUT2D eigenvalue weighted by molar-refractivity contribution is -0.125. The Morgan fingerprint density at radius 1 is 1.58 bits per heavy atom. The largest absolute Gasteiger partial charge is 0.378 e. The molecule has 0 aromatic rings. The van der Waals surface area contributed by atoms with Crippen molar-refractivity contribution in [3.05, 3.63) is 0 Å². The highest BCUT2D eigenvalue weighted by molar-refractivity contribution is 5.79. The van der Waals surface area contributed by atoms with Gasteiger partial charge in [-0.3, -0.25) is 4.79 Å². The van der Waals surface area contributed by atoms with Gasteiger partial charge in [0.2, 0.25) is 5.91 Å². The van der Waals surface area contributed by atoms with Gasteiger partial charge in [-0.2, -0.15) is 0 Å². The van der Waals surface area contributed by atoms with Crippen molar-refractivity contribution in [2.75, 3.05) is 6.61 Å². The molecule has 0 aromatic heterocycles. The molecule has 70 valence electrons. The van der Waals surface area contributed by atoms with Crippen molar-refractivity contribution in [3.63, 3.8) is 0 Å². The van der Waals surface area contributed by atoms with Crippen LogP contribution in [0.4, 0.5) is 0 Å². The maximum atomic E-state index is 11.4. The molecule has 1 saturated heterocycles. The highest BCUT2D eigenvalue weighted by atomic mass is 16.5. The number of nitrogens with one attached hydrogen (secondary N) is 1. The fourth-order valence-electron chi connectivity index (χ4n) is 1.40. The average molecular weight is 171 g/mol. The summed E-state index contributed by atoms with van der Waals surface area (Å²) in [5, 5.41) is 2.89. The molecule has 1 aliphatic heterocycles. The molecule has 1 amide bonds. The zero-order chi connectivity index (χ0) is 9.14. The van der Waals surface area contributed by atoms with Crippen LogP contribution in [0.5, 0.6) is 0 Å². The van der Waals surface area contributed by atoms with E-state index in [1.807, 2.05) is 20.8 Å². The lowest BCUT2D eigenvalue weighted by atomic mass is 10.1. The monoisotopic (exact) mass is 171 g/mol. The van der Waals surface area contributed by atoms with Crippen LogP contribution in [0.2, 0.25) is 0 Å². The zero-order valence-corrected chi connectivity index (χ0v) is 7.96. The van der Waals surface area contributed by atoms with E-state index >= 15 is 0 Å². The topological polar surface area (TPSA) is 38.3 Å². The molecule has 1 rings (SSSR count). The minimum absolute atomic E-state index is 0.0717. The van der Waals surface area contributed by atoms with Crippen LogP contribution in [0.3, 0.4) is 0 Å². The van der Waals surface area contributed by atoms with Crippen LogP contribution in [0.25, 0.3) is 0 Å². The van der Waals surface area contributed by atoms with Gasteiger partial charge in [0.1, 0.15) is 0 Å². The van der Waals surface area contributed by atoms with Crippen LogP contribution >= 0.6 is 0 Å². The van der Waals surface area contributed by atoms with Crippen molar-refractivity contribution in [3.8, 4) is 0 Å². The summed E-state index contributed by atoms with van der Waals surface area (Å²) in [6, 6.07) is 0.230. The zero-order valence-electron chi connectivity index (χ0n) is 7.96. The van der Waals surface area contributed by atoms with E-state index in [2.05, 4.69) is 5.32 Å². The predicted molar refractivity (Wildman–Crippen MR) is 46.8 cm³/mol. The van der Waals surface area contributed by atoms with Crippen LogP contribution in [-0.2, 0) is 9.53 Å². The minimum atomic E-state index is 0.0717. The van der Waals surface area contributed by atoms with Gasteiger partial charge < -0.3 is 10.1 Å². The van der Waals surface area contributed by atoms with Crippen LogP contribution < -0.4 is 5.32 Å². The predicted octanol–water partition coefficient (Wildman–Crippen LogP) is 0.936. The molecule has 1 fully saturated rings. The summed E-state index contributed by atoms with van der Waals surface area (Å²) in [5.74, 6) is 0.205. The third-order valence-electron chi connectivity index (χ3n) is 2.00. The molecule has 0 aliphatic carbocycles. The molecule has 1 aliphatic rings. The molecule has 0 bridgehead atoms. The maximum Gasteiger partial charge on any atom is 0.225 e. The lowest BCUT2D eigenvalue weighted by Gasteiger charge is -2.11. The molecule has 0 saturated carbocycles. The summed E-state index contributed by atoms with van der Waals surface area (Å²) >= 11 is 0. The van der Waals surface area contributed by atoms with E-state index in [1.54, 1.807) is 0 Å². The van der Waals surface area contributed by atoms with Gasteiger partial charge >= 0.3 is 0 Å². The Hall–Kier alpha value is -0.570. The molecule has 1 N–H and O–H groups in total. The fraction of sp³-hybridized carbons (Fsp3) is 0.889. The quantitative estimate of drug-likeness (QED) is 0.671. The summed E-state index contributed by atoms with van der Waals surface area (Å²) in [6.45, 7) is 6.52. The first-order valence-electron chi connectivity index (χ1n) is 4.51. The summed E-state index contributed by atoms with van der Waals surface area (Å²) < 4.78 is 5.31. The van der Waals surface area contributed by atoms with E-state index < -0.39 is 0 Å². The second kappa shape index (κ2) is 3.90. The average Bonchev–Trinajstić information content (AvgIpc) is 2.34. The second-order valence-electron chi connectivity index (χ2n) is 3.74. The van der Waals surface area contributed by atoms with Gasteiger partial charge in [0, 0.05) is 6.04 Å². The first-order valence-corrected chi connectivity index (χ1v) is 4.51. The van der Waals surface area contributed by atoms with Gasteiger partial charge in [0.25, 0.3) is 0 Å². The van der Waals surface area contributed by atoms with Gasteiger partial charge in [0.15, 0.2) is 0 Å². The fourth-order valence-corrected chi connectivity index (χ4v) is 1.40. The lowest BCUT2D eigenvalue weighted by Crippen LogP contribution is -2.35. The first-order chi connectivity index (χ1) is 5.59. The highest BCUT2D eigenvalue weighted by Crippen LogP contribution is 2.18. The van der Waals surface area contributed by atoms with Crippen molar-refractivity contribution in [1.82, 2.24) is 5.32 Å². The van der Waals surface area contributed by atoms with Gasteiger partial charge in [-0.05, 0) is 27.2 Å². The van der Waals surface area contributed by atoms with Crippen molar-refractivity contribution in [2.24, 2.45) is 5.92 Å². The Balaban J connectivity index is 2.33. The maximum absolute atomic E-state index is 11.4. The van der Waals surface area contributed by atoms with Crippen LogP contribution in [-0.4, -0.2) is 24.7 Å². The normalized spacial score (nSPS) is 29.3. The van der Waals surface area contributed by atoms with E-state index in [1.165, 1.54) is 0 Å². The third kappa shape index (κ3) is 2.48. The Morgan fingerprint density at radius 3 is 2.67 bits per heavy atom. The Bertz CT molecular complexity index is 168. The Morgan fingerprint density at radius 2 is 2.25 bits per heavy atom. The minimum Gasteiger partial charge on any atom is -0.378 e. The molecule has 1 heterocycles. The van der Waals surface area contributed by atoms with E-state index in [9.17, 15) is 4.79 Å². The molecule has 0 radical (unpaired) electrons. The van der Waals surface area contributed by atoms with E-state index in [0.29, 0.717) is 6.61 Å². The van der Waals surface area contributed by atoms with Crippen molar-refractivity contribution >= 4 is 5.91 Å². The van der Waals surface area contributed by atoms with Crippen molar-refractivity contribution < 1.29 is 9.53 Å². The number of rotatable bonds is 2. The highest BCUT2D eigenvalue weighted by Gasteiger charge is 2.28. The summed E-state index contributed by atoms with van der Waals surface area (Å²) in [6.07, 6.45) is 1.10. The molecule has 0 spiro atoms. The van der Waals surface area contributed by atoms with Crippen molar-refractivity contribution in [2.45, 2.75) is 39.3 Å². The van der Waals surface area contributed by atoms with Crippen LogP contribution in [0, 0.1) is 5.92 Å². The van der Waals surface area contributed by atoms with E-state index in [-0.39, 0.29) is 24.0 Å². The van der Waals surface area contributed by atoms with E-state index in [4.69, 9.17) is 4.74 Å². The smallest absolute Gasteiger partial charge is 0.225 e. The number of carbonyl (C=O) groups is 1. The molecule has 2 atom stereocenters. The Labute approximate surface area is 73.5 Å². The molecular formula is C9H17NO2. The molecular weight excluding hydrogens is 154 g/mol. The van der Waals surface area contributed by atoms with Crippen LogP contribution in [0.1, 0.15) is 27.2 Å².